The summed E-state index contributed by atoms with van der Waals surface area (Å²) in [6.45, 7) is 6.07. The number of aromatic hydroxyl groups is 4. The van der Waals surface area contributed by atoms with E-state index in [1.165, 1.54) is 13.8 Å². The summed E-state index contributed by atoms with van der Waals surface area (Å²) in [5.41, 5.74) is 1.81. The van der Waals surface area contributed by atoms with Gasteiger partial charge in [-0.15, -0.1) is 0 Å². The molecule has 4 aromatic rings. The van der Waals surface area contributed by atoms with E-state index in [9.17, 15) is 30.0 Å². The minimum absolute atomic E-state index is 0.0929. The van der Waals surface area contributed by atoms with Gasteiger partial charge in [-0.25, -0.2) is 0 Å². The van der Waals surface area contributed by atoms with Crippen molar-refractivity contribution in [3.8, 4) is 34.1 Å². The molecule has 0 aliphatic carbocycles. The summed E-state index contributed by atoms with van der Waals surface area (Å²) in [5.74, 6) is -1.95. The topological polar surface area (TPSA) is 115 Å². The maximum atomic E-state index is 12.0. The molecular formula is C26H22O6. The van der Waals surface area contributed by atoms with Crippen LogP contribution in [0.4, 0.5) is 0 Å². The molecule has 0 amide bonds. The molecule has 0 fully saturated rings. The predicted octanol–water partition coefficient (Wildman–Crippen LogP) is 5.50. The third-order valence-electron chi connectivity index (χ3n) is 5.89. The summed E-state index contributed by atoms with van der Waals surface area (Å²) in [6.07, 6.45) is 0. The predicted molar refractivity (Wildman–Crippen MR) is 123 cm³/mol. The van der Waals surface area contributed by atoms with Gasteiger partial charge < -0.3 is 20.4 Å². The molecule has 0 aliphatic rings. The molecule has 4 aromatic carbocycles. The Morgan fingerprint density at radius 3 is 1.25 bits per heavy atom. The van der Waals surface area contributed by atoms with E-state index in [1.54, 1.807) is 50.2 Å². The summed E-state index contributed by atoms with van der Waals surface area (Å²) >= 11 is 0. The fourth-order valence-electron chi connectivity index (χ4n) is 4.51. The third kappa shape index (κ3) is 2.95. The Morgan fingerprint density at radius 2 is 0.938 bits per heavy atom. The van der Waals surface area contributed by atoms with Crippen LogP contribution in [0.2, 0.25) is 0 Å². The number of phenolic OH excluding ortho intramolecular Hbond substituents is 4. The largest absolute Gasteiger partial charge is 0.507 e. The summed E-state index contributed by atoms with van der Waals surface area (Å²) in [7, 11) is 0. The lowest BCUT2D eigenvalue weighted by molar-refractivity contribution is 0.100. The molecule has 0 atom stereocenters. The van der Waals surface area contributed by atoms with Crippen molar-refractivity contribution in [3.63, 3.8) is 0 Å². The minimum Gasteiger partial charge on any atom is -0.507 e. The first kappa shape index (κ1) is 21.2. The second-order valence-electron chi connectivity index (χ2n) is 8.07. The fraction of sp³-hybridized carbons (Fsp3) is 0.154. The van der Waals surface area contributed by atoms with Crippen LogP contribution in [0.1, 0.15) is 45.7 Å². The maximum Gasteiger partial charge on any atom is 0.163 e. The molecule has 32 heavy (non-hydrogen) atoms. The number of carbonyl (C=O) groups is 2. The Kier molecular flexibility index (Phi) is 4.81. The lowest BCUT2D eigenvalue weighted by Crippen LogP contribution is -1.98. The Balaban J connectivity index is 2.07. The summed E-state index contributed by atoms with van der Waals surface area (Å²) in [5, 5.41) is 44.8. The highest BCUT2D eigenvalue weighted by molar-refractivity contribution is 6.11. The number of benzene rings is 4. The van der Waals surface area contributed by atoms with Crippen LogP contribution < -0.4 is 0 Å². The molecule has 0 bridgehead atoms. The minimum atomic E-state index is -0.336. The van der Waals surface area contributed by atoms with Crippen LogP contribution in [-0.4, -0.2) is 32.0 Å². The van der Waals surface area contributed by atoms with Gasteiger partial charge in [-0.3, -0.25) is 9.59 Å². The summed E-state index contributed by atoms with van der Waals surface area (Å²) in [4.78, 5) is 24.0. The normalized spacial score (nSPS) is 11.2. The van der Waals surface area contributed by atoms with E-state index in [0.717, 1.165) is 0 Å². The van der Waals surface area contributed by atoms with Gasteiger partial charge in [0.05, 0.1) is 21.9 Å². The number of hydrogen-bond donors (Lipinski definition) is 4. The van der Waals surface area contributed by atoms with Gasteiger partial charge in [0, 0.05) is 11.1 Å². The Labute approximate surface area is 184 Å². The van der Waals surface area contributed by atoms with Crippen molar-refractivity contribution < 1.29 is 30.0 Å². The number of rotatable bonds is 3. The Bertz CT molecular complexity index is 1370. The van der Waals surface area contributed by atoms with Gasteiger partial charge in [0.15, 0.2) is 11.6 Å². The number of aryl methyl sites for hydroxylation is 2. The van der Waals surface area contributed by atoms with Crippen LogP contribution in [0.15, 0.2) is 36.4 Å². The van der Waals surface area contributed by atoms with Crippen molar-refractivity contribution in [1.29, 1.82) is 0 Å². The zero-order chi connectivity index (χ0) is 23.5. The smallest absolute Gasteiger partial charge is 0.163 e. The zero-order valence-corrected chi connectivity index (χ0v) is 18.1. The van der Waals surface area contributed by atoms with E-state index in [4.69, 9.17) is 0 Å². The van der Waals surface area contributed by atoms with Crippen LogP contribution >= 0.6 is 0 Å². The SMILES string of the molecule is CC(=O)c1c(C)cc2ccc(-c3ccc4cc(C)c(C(C)=O)c(O)c4c3O)c(O)c2c1O. The van der Waals surface area contributed by atoms with E-state index in [0.29, 0.717) is 21.9 Å². The van der Waals surface area contributed by atoms with Gasteiger partial charge in [0.2, 0.25) is 0 Å². The van der Waals surface area contributed by atoms with Gasteiger partial charge in [0.1, 0.15) is 23.0 Å². The van der Waals surface area contributed by atoms with Crippen LogP contribution in [0.25, 0.3) is 32.7 Å². The van der Waals surface area contributed by atoms with Gasteiger partial charge in [-0.1, -0.05) is 24.3 Å². The van der Waals surface area contributed by atoms with E-state index >= 15 is 0 Å². The van der Waals surface area contributed by atoms with E-state index in [1.807, 2.05) is 0 Å². The molecule has 6 heteroatoms. The lowest BCUT2D eigenvalue weighted by atomic mass is 9.91. The standard InChI is InChI=1S/C26H22O6/c1-11-9-15-5-7-17(23(29)21(15)25(31)19(11)13(3)27)18-8-6-16-10-12(2)20(14(4)28)26(32)22(16)24(18)30/h5-10,29-32H,1-4H3. The molecule has 0 saturated heterocycles. The third-order valence-corrected chi connectivity index (χ3v) is 5.89. The number of hydrogen-bond acceptors (Lipinski definition) is 6. The number of fused-ring (bicyclic) bond motifs is 2. The van der Waals surface area contributed by atoms with Crippen molar-refractivity contribution >= 4 is 33.1 Å². The van der Waals surface area contributed by atoms with Crippen molar-refractivity contribution in [2.24, 2.45) is 0 Å². The monoisotopic (exact) mass is 430 g/mol. The van der Waals surface area contributed by atoms with Crippen molar-refractivity contribution in [2.45, 2.75) is 27.7 Å². The Morgan fingerprint density at radius 1 is 0.594 bits per heavy atom. The molecule has 4 N–H and O–H groups in total. The van der Waals surface area contributed by atoms with E-state index in [2.05, 4.69) is 0 Å². The Hall–Kier alpha value is -4.06. The number of ketones is 2. The molecule has 0 aliphatic heterocycles. The first-order valence-electron chi connectivity index (χ1n) is 10.0. The average molecular weight is 430 g/mol. The maximum absolute atomic E-state index is 12.0. The second-order valence-corrected chi connectivity index (χ2v) is 8.07. The molecule has 162 valence electrons. The van der Waals surface area contributed by atoms with Crippen LogP contribution in [0.3, 0.4) is 0 Å². The van der Waals surface area contributed by atoms with Gasteiger partial charge in [-0.2, -0.15) is 0 Å². The van der Waals surface area contributed by atoms with Gasteiger partial charge in [-0.05, 0) is 61.7 Å². The molecule has 4 rings (SSSR count). The molecule has 0 heterocycles. The highest BCUT2D eigenvalue weighted by atomic mass is 16.3. The van der Waals surface area contributed by atoms with E-state index in [-0.39, 0.29) is 67.6 Å². The number of phenols is 4. The highest BCUT2D eigenvalue weighted by Crippen LogP contribution is 2.48. The summed E-state index contributed by atoms with van der Waals surface area (Å²) < 4.78 is 0. The van der Waals surface area contributed by atoms with Crippen LogP contribution in [-0.2, 0) is 0 Å². The first-order chi connectivity index (χ1) is 15.0. The summed E-state index contributed by atoms with van der Waals surface area (Å²) in [6, 6.07) is 9.90. The van der Waals surface area contributed by atoms with Gasteiger partial charge >= 0.3 is 0 Å². The molecule has 0 saturated carbocycles. The van der Waals surface area contributed by atoms with Crippen molar-refractivity contribution in [2.75, 3.05) is 0 Å². The van der Waals surface area contributed by atoms with Crippen molar-refractivity contribution in [3.05, 3.63) is 58.7 Å². The van der Waals surface area contributed by atoms with Crippen LogP contribution in [0, 0.1) is 13.8 Å². The highest BCUT2D eigenvalue weighted by Gasteiger charge is 2.23. The molecule has 0 radical (unpaired) electrons. The first-order valence-corrected chi connectivity index (χ1v) is 10.0. The quantitative estimate of drug-likeness (QED) is 0.319. The fourth-order valence-corrected chi connectivity index (χ4v) is 4.51. The van der Waals surface area contributed by atoms with Crippen LogP contribution in [0.5, 0.6) is 23.0 Å². The molecule has 0 aromatic heterocycles. The molecule has 0 unspecified atom stereocenters. The number of carbonyl (C=O) groups excluding carboxylic acids is 2. The molecule has 6 nitrogen and oxygen atoms in total. The zero-order valence-electron chi connectivity index (χ0n) is 18.1. The second kappa shape index (κ2) is 7.27. The average Bonchev–Trinajstić information content (AvgIpc) is 2.67. The van der Waals surface area contributed by atoms with Gasteiger partial charge in [0.25, 0.3) is 0 Å². The number of Topliss-reactive ketones (excluding diaryl/α,β-unsaturated/α-hetero) is 2. The lowest BCUT2D eigenvalue weighted by Gasteiger charge is -2.16. The van der Waals surface area contributed by atoms with E-state index < -0.39 is 0 Å². The van der Waals surface area contributed by atoms with Crippen molar-refractivity contribution in [1.82, 2.24) is 0 Å². The molecule has 0 spiro atoms. The molecular weight excluding hydrogens is 408 g/mol.